The van der Waals surface area contributed by atoms with Crippen molar-refractivity contribution in [2.75, 3.05) is 0 Å². The van der Waals surface area contributed by atoms with E-state index in [2.05, 4.69) is 10.1 Å². The molecule has 0 unspecified atom stereocenters. The van der Waals surface area contributed by atoms with E-state index < -0.39 is 0 Å². The molecule has 1 N–H and O–H groups in total. The van der Waals surface area contributed by atoms with Crippen LogP contribution in [0.4, 0.5) is 0 Å². The maximum absolute atomic E-state index is 9.87. The molecule has 3 rings (SSSR count). The smallest absolute Gasteiger partial charge is 0.153 e. The Labute approximate surface area is 111 Å². The fourth-order valence-electron chi connectivity index (χ4n) is 2.01. The molecule has 3 aromatic rings. The summed E-state index contributed by atoms with van der Waals surface area (Å²) in [6, 6.07) is 14.8. The van der Waals surface area contributed by atoms with Crippen LogP contribution in [0.5, 0.6) is 5.75 Å². The summed E-state index contributed by atoms with van der Waals surface area (Å²) in [5, 5.41) is 14.4. The molecule has 19 heavy (non-hydrogen) atoms. The SMILES string of the molecule is Cc1cc(-c2ccccc2O)nn1-c1ccccn1. The summed E-state index contributed by atoms with van der Waals surface area (Å²) >= 11 is 0. The van der Waals surface area contributed by atoms with Crippen LogP contribution in [0.2, 0.25) is 0 Å². The molecule has 0 aliphatic carbocycles. The second-order valence-corrected chi connectivity index (χ2v) is 4.29. The normalized spacial score (nSPS) is 10.6. The minimum Gasteiger partial charge on any atom is -0.507 e. The molecule has 2 aromatic heterocycles. The minimum absolute atomic E-state index is 0.230. The van der Waals surface area contributed by atoms with Crippen LogP contribution in [0.3, 0.4) is 0 Å². The summed E-state index contributed by atoms with van der Waals surface area (Å²) < 4.78 is 1.77. The van der Waals surface area contributed by atoms with Gasteiger partial charge in [-0.1, -0.05) is 18.2 Å². The zero-order valence-electron chi connectivity index (χ0n) is 10.5. The van der Waals surface area contributed by atoms with E-state index in [9.17, 15) is 5.11 Å². The predicted molar refractivity (Wildman–Crippen MR) is 73.2 cm³/mol. The molecule has 0 spiro atoms. The highest BCUT2D eigenvalue weighted by Gasteiger charge is 2.11. The van der Waals surface area contributed by atoms with Gasteiger partial charge in [0.15, 0.2) is 5.82 Å². The van der Waals surface area contributed by atoms with E-state index in [4.69, 9.17) is 0 Å². The number of phenolic OH excluding ortho intramolecular Hbond substituents is 1. The molecule has 0 saturated heterocycles. The van der Waals surface area contributed by atoms with E-state index in [1.165, 1.54) is 0 Å². The topological polar surface area (TPSA) is 50.9 Å². The van der Waals surface area contributed by atoms with Crippen molar-refractivity contribution in [3.63, 3.8) is 0 Å². The number of aromatic nitrogens is 3. The van der Waals surface area contributed by atoms with E-state index in [0.29, 0.717) is 0 Å². The van der Waals surface area contributed by atoms with E-state index in [1.54, 1.807) is 23.0 Å². The number of pyridine rings is 1. The van der Waals surface area contributed by atoms with Gasteiger partial charge in [0, 0.05) is 17.5 Å². The molecule has 94 valence electrons. The summed E-state index contributed by atoms with van der Waals surface area (Å²) in [5.74, 6) is 0.995. The third-order valence-electron chi connectivity index (χ3n) is 2.93. The Morgan fingerprint density at radius 3 is 2.58 bits per heavy atom. The number of hydrogen-bond donors (Lipinski definition) is 1. The third-order valence-corrected chi connectivity index (χ3v) is 2.93. The molecule has 0 bridgehead atoms. The van der Waals surface area contributed by atoms with Gasteiger partial charge < -0.3 is 5.11 Å². The molecule has 0 aliphatic heterocycles. The number of rotatable bonds is 2. The van der Waals surface area contributed by atoms with Crippen LogP contribution in [0.25, 0.3) is 17.1 Å². The third kappa shape index (κ3) is 2.08. The largest absolute Gasteiger partial charge is 0.507 e. The molecule has 4 heteroatoms. The minimum atomic E-state index is 0.230. The maximum atomic E-state index is 9.87. The van der Waals surface area contributed by atoms with Crippen LogP contribution in [0, 0.1) is 6.92 Å². The van der Waals surface area contributed by atoms with Crippen LogP contribution in [0.1, 0.15) is 5.69 Å². The van der Waals surface area contributed by atoms with Crippen LogP contribution < -0.4 is 0 Å². The maximum Gasteiger partial charge on any atom is 0.153 e. The lowest BCUT2D eigenvalue weighted by molar-refractivity contribution is 0.477. The summed E-state index contributed by atoms with van der Waals surface area (Å²) in [6.45, 7) is 1.96. The molecule has 0 fully saturated rings. The summed E-state index contributed by atoms with van der Waals surface area (Å²) in [7, 11) is 0. The number of phenols is 1. The Morgan fingerprint density at radius 2 is 1.84 bits per heavy atom. The number of para-hydroxylation sites is 1. The first-order chi connectivity index (χ1) is 9.25. The van der Waals surface area contributed by atoms with Crippen LogP contribution >= 0.6 is 0 Å². The fraction of sp³-hybridized carbons (Fsp3) is 0.0667. The summed E-state index contributed by atoms with van der Waals surface area (Å²) in [4.78, 5) is 4.28. The van der Waals surface area contributed by atoms with Gasteiger partial charge in [-0.15, -0.1) is 0 Å². The lowest BCUT2D eigenvalue weighted by atomic mass is 10.1. The Balaban J connectivity index is 2.10. The van der Waals surface area contributed by atoms with E-state index >= 15 is 0 Å². The fourth-order valence-corrected chi connectivity index (χ4v) is 2.01. The molecule has 1 aromatic carbocycles. The Kier molecular flexibility index (Phi) is 2.76. The number of hydrogen-bond acceptors (Lipinski definition) is 3. The first kappa shape index (κ1) is 11.5. The molecular weight excluding hydrogens is 238 g/mol. The molecular formula is C15H13N3O. The average molecular weight is 251 g/mol. The van der Waals surface area contributed by atoms with E-state index in [-0.39, 0.29) is 5.75 Å². The molecule has 0 aliphatic rings. The second-order valence-electron chi connectivity index (χ2n) is 4.29. The van der Waals surface area contributed by atoms with Crippen LogP contribution in [-0.4, -0.2) is 19.9 Å². The van der Waals surface area contributed by atoms with Crippen LogP contribution in [0.15, 0.2) is 54.7 Å². The van der Waals surface area contributed by atoms with Crippen molar-refractivity contribution in [3.05, 3.63) is 60.4 Å². The van der Waals surface area contributed by atoms with Gasteiger partial charge in [-0.3, -0.25) is 0 Å². The van der Waals surface area contributed by atoms with Gasteiger partial charge in [-0.25, -0.2) is 9.67 Å². The van der Waals surface area contributed by atoms with Gasteiger partial charge in [-0.05, 0) is 37.3 Å². The van der Waals surface area contributed by atoms with E-state index in [1.807, 2.05) is 43.3 Å². The van der Waals surface area contributed by atoms with Crippen molar-refractivity contribution in [1.82, 2.24) is 14.8 Å². The van der Waals surface area contributed by atoms with Gasteiger partial charge in [-0.2, -0.15) is 5.10 Å². The van der Waals surface area contributed by atoms with Gasteiger partial charge >= 0.3 is 0 Å². The lowest BCUT2D eigenvalue weighted by Crippen LogP contribution is -2.00. The molecule has 0 radical (unpaired) electrons. The average Bonchev–Trinajstić information content (AvgIpc) is 2.82. The quantitative estimate of drug-likeness (QED) is 0.761. The van der Waals surface area contributed by atoms with Crippen molar-refractivity contribution in [2.24, 2.45) is 0 Å². The number of aryl methyl sites for hydroxylation is 1. The zero-order chi connectivity index (χ0) is 13.2. The van der Waals surface area contributed by atoms with Crippen molar-refractivity contribution in [2.45, 2.75) is 6.92 Å². The number of aromatic hydroxyl groups is 1. The van der Waals surface area contributed by atoms with Crippen molar-refractivity contribution < 1.29 is 5.11 Å². The summed E-state index contributed by atoms with van der Waals surface area (Å²) in [5.41, 5.74) is 2.43. The highest BCUT2D eigenvalue weighted by molar-refractivity contribution is 5.67. The van der Waals surface area contributed by atoms with Crippen LogP contribution in [-0.2, 0) is 0 Å². The highest BCUT2D eigenvalue weighted by Crippen LogP contribution is 2.28. The second kappa shape index (κ2) is 4.57. The molecule has 4 nitrogen and oxygen atoms in total. The highest BCUT2D eigenvalue weighted by atomic mass is 16.3. The molecule has 2 heterocycles. The van der Waals surface area contributed by atoms with Crippen molar-refractivity contribution >= 4 is 0 Å². The van der Waals surface area contributed by atoms with Crippen molar-refractivity contribution in [3.8, 4) is 22.8 Å². The first-order valence-electron chi connectivity index (χ1n) is 6.02. The predicted octanol–water partition coefficient (Wildman–Crippen LogP) is 2.95. The Hall–Kier alpha value is -2.62. The lowest BCUT2D eigenvalue weighted by Gasteiger charge is -2.02. The standard InChI is InChI=1S/C15H13N3O/c1-11-10-13(12-6-2-3-7-14(12)19)17-18(11)15-8-4-5-9-16-15/h2-10,19H,1H3. The van der Waals surface area contributed by atoms with E-state index in [0.717, 1.165) is 22.8 Å². The first-order valence-corrected chi connectivity index (χ1v) is 6.02. The number of benzene rings is 1. The number of nitrogens with zero attached hydrogens (tertiary/aromatic N) is 3. The molecule has 0 saturated carbocycles. The Bertz CT molecular complexity index is 704. The summed E-state index contributed by atoms with van der Waals surface area (Å²) in [6.07, 6.45) is 1.73. The van der Waals surface area contributed by atoms with Crippen molar-refractivity contribution in [1.29, 1.82) is 0 Å². The monoisotopic (exact) mass is 251 g/mol. The molecule has 0 amide bonds. The Morgan fingerprint density at radius 1 is 1.05 bits per heavy atom. The zero-order valence-corrected chi connectivity index (χ0v) is 10.5. The van der Waals surface area contributed by atoms with Gasteiger partial charge in [0.2, 0.25) is 0 Å². The molecule has 0 atom stereocenters. The van der Waals surface area contributed by atoms with Gasteiger partial charge in [0.1, 0.15) is 5.75 Å². The van der Waals surface area contributed by atoms with Gasteiger partial charge in [0.25, 0.3) is 0 Å². The van der Waals surface area contributed by atoms with Gasteiger partial charge in [0.05, 0.1) is 5.69 Å².